The molecule has 0 saturated carbocycles. The third-order valence-corrected chi connectivity index (χ3v) is 3.56. The van der Waals surface area contributed by atoms with Crippen molar-refractivity contribution in [3.05, 3.63) is 59.1 Å². The summed E-state index contributed by atoms with van der Waals surface area (Å²) in [5.41, 5.74) is 1.28. The number of hydrogen-bond donors (Lipinski definition) is 1. The molecule has 0 unspecified atom stereocenters. The van der Waals surface area contributed by atoms with Gasteiger partial charge in [-0.3, -0.25) is 14.6 Å². The van der Waals surface area contributed by atoms with Crippen LogP contribution >= 0.6 is 0 Å². The maximum absolute atomic E-state index is 12.5. The Morgan fingerprint density at radius 2 is 1.91 bits per heavy atom. The molecule has 0 spiro atoms. The molecule has 23 heavy (non-hydrogen) atoms. The predicted molar refractivity (Wildman–Crippen MR) is 86.1 cm³/mol. The first kappa shape index (κ1) is 14.9. The third-order valence-electron chi connectivity index (χ3n) is 3.56. The Kier molecular flexibility index (Phi) is 4.14. The third kappa shape index (κ3) is 3.11. The fraction of sp³-hybridized carbons (Fsp3) is 0.176. The first-order valence-electron chi connectivity index (χ1n) is 7.29. The highest BCUT2D eigenvalue weighted by atomic mass is 16.4. The molecule has 0 saturated heterocycles. The second kappa shape index (κ2) is 6.39. The number of pyridine rings is 1. The Hall–Kier alpha value is -3.02. The summed E-state index contributed by atoms with van der Waals surface area (Å²) in [6.45, 7) is 0.267. The number of aryl methyl sites for hydroxylation is 1. The molecule has 6 heteroatoms. The number of fused-ring (bicyclic) bond motifs is 1. The van der Waals surface area contributed by atoms with Crippen LogP contribution in [0.3, 0.4) is 0 Å². The molecule has 1 aromatic carbocycles. The van der Waals surface area contributed by atoms with Crippen LogP contribution in [-0.2, 0) is 11.3 Å². The fourth-order valence-corrected chi connectivity index (χ4v) is 2.48. The van der Waals surface area contributed by atoms with E-state index in [0.29, 0.717) is 17.5 Å². The number of rotatable bonds is 5. The Labute approximate surface area is 132 Å². The average Bonchev–Trinajstić information content (AvgIpc) is 2.57. The lowest BCUT2D eigenvalue weighted by molar-refractivity contribution is -0.137. The lowest BCUT2D eigenvalue weighted by Crippen LogP contribution is -2.24. The number of carbonyl (C=O) groups is 1. The van der Waals surface area contributed by atoms with E-state index in [2.05, 4.69) is 10.1 Å². The molecule has 0 aliphatic heterocycles. The van der Waals surface area contributed by atoms with Gasteiger partial charge in [0.1, 0.15) is 5.69 Å². The second-order valence-electron chi connectivity index (χ2n) is 5.16. The summed E-state index contributed by atoms with van der Waals surface area (Å²) < 4.78 is 1.34. The predicted octanol–water partition coefficient (Wildman–Crippen LogP) is 2.32. The minimum Gasteiger partial charge on any atom is -0.481 e. The molecule has 1 N–H and O–H groups in total. The lowest BCUT2D eigenvalue weighted by Gasteiger charge is -2.10. The van der Waals surface area contributed by atoms with Gasteiger partial charge in [-0.05, 0) is 24.6 Å². The van der Waals surface area contributed by atoms with Gasteiger partial charge >= 0.3 is 5.97 Å². The van der Waals surface area contributed by atoms with Crippen LogP contribution in [0, 0.1) is 0 Å². The van der Waals surface area contributed by atoms with Crippen LogP contribution in [0.2, 0.25) is 0 Å². The monoisotopic (exact) mass is 309 g/mol. The summed E-state index contributed by atoms with van der Waals surface area (Å²) in [6.07, 6.45) is 3.73. The maximum Gasteiger partial charge on any atom is 0.303 e. The highest BCUT2D eigenvalue weighted by molar-refractivity contribution is 5.93. The largest absolute Gasteiger partial charge is 0.481 e. The molecule has 3 rings (SSSR count). The molecule has 0 aliphatic rings. The van der Waals surface area contributed by atoms with Crippen molar-refractivity contribution >= 4 is 16.7 Å². The smallest absolute Gasteiger partial charge is 0.303 e. The zero-order valence-electron chi connectivity index (χ0n) is 12.3. The van der Waals surface area contributed by atoms with Gasteiger partial charge in [0.05, 0.1) is 5.39 Å². The molecular formula is C17H15N3O3. The molecule has 0 atom stereocenters. The molecule has 0 amide bonds. The summed E-state index contributed by atoms with van der Waals surface area (Å²) in [5.74, 6) is -0.883. The van der Waals surface area contributed by atoms with Crippen molar-refractivity contribution in [1.29, 1.82) is 0 Å². The maximum atomic E-state index is 12.5. The molecule has 3 aromatic rings. The van der Waals surface area contributed by atoms with Crippen molar-refractivity contribution in [3.8, 4) is 11.3 Å². The molecular weight excluding hydrogens is 294 g/mol. The fourth-order valence-electron chi connectivity index (χ4n) is 2.48. The molecule has 6 nitrogen and oxygen atoms in total. The number of nitrogens with zero attached hydrogens (tertiary/aromatic N) is 3. The van der Waals surface area contributed by atoms with Crippen molar-refractivity contribution in [2.24, 2.45) is 0 Å². The van der Waals surface area contributed by atoms with Gasteiger partial charge in [-0.2, -0.15) is 5.10 Å². The number of aromatic nitrogens is 3. The first-order valence-corrected chi connectivity index (χ1v) is 7.29. The topological polar surface area (TPSA) is 85.1 Å². The van der Waals surface area contributed by atoms with Gasteiger partial charge in [-0.25, -0.2) is 4.68 Å². The van der Waals surface area contributed by atoms with Crippen LogP contribution in [0.4, 0.5) is 0 Å². The van der Waals surface area contributed by atoms with Gasteiger partial charge in [0.2, 0.25) is 0 Å². The quantitative estimate of drug-likeness (QED) is 0.782. The average molecular weight is 309 g/mol. The van der Waals surface area contributed by atoms with Gasteiger partial charge in [-0.15, -0.1) is 0 Å². The zero-order chi connectivity index (χ0) is 16.2. The van der Waals surface area contributed by atoms with E-state index < -0.39 is 5.97 Å². The van der Waals surface area contributed by atoms with Gasteiger partial charge < -0.3 is 5.11 Å². The van der Waals surface area contributed by atoms with Crippen molar-refractivity contribution in [1.82, 2.24) is 14.8 Å². The molecule has 2 heterocycles. The van der Waals surface area contributed by atoms with Gasteiger partial charge in [-0.1, -0.05) is 18.2 Å². The van der Waals surface area contributed by atoms with Crippen LogP contribution in [-0.4, -0.2) is 25.8 Å². The van der Waals surface area contributed by atoms with E-state index in [0.717, 1.165) is 10.9 Å². The van der Waals surface area contributed by atoms with Gasteiger partial charge in [0.25, 0.3) is 5.56 Å². The molecule has 0 radical (unpaired) electrons. The van der Waals surface area contributed by atoms with Gasteiger partial charge in [0, 0.05) is 36.3 Å². The minimum atomic E-state index is -0.883. The molecule has 0 fully saturated rings. The van der Waals surface area contributed by atoms with Crippen LogP contribution in [0.1, 0.15) is 12.8 Å². The molecule has 0 aliphatic carbocycles. The van der Waals surface area contributed by atoms with E-state index in [4.69, 9.17) is 5.11 Å². The van der Waals surface area contributed by atoms with E-state index in [1.807, 2.05) is 24.3 Å². The number of benzene rings is 1. The number of carboxylic acids is 1. The summed E-state index contributed by atoms with van der Waals surface area (Å²) >= 11 is 0. The Balaban J connectivity index is 2.13. The van der Waals surface area contributed by atoms with E-state index in [1.165, 1.54) is 4.68 Å². The SMILES string of the molecule is O=C(O)CCCn1nc(-c2cccnc2)c2ccccc2c1=O. The van der Waals surface area contributed by atoms with E-state index >= 15 is 0 Å². The number of hydrogen-bond acceptors (Lipinski definition) is 4. The first-order chi connectivity index (χ1) is 11.2. The van der Waals surface area contributed by atoms with E-state index in [9.17, 15) is 9.59 Å². The van der Waals surface area contributed by atoms with Gasteiger partial charge in [0.15, 0.2) is 0 Å². The standard InChI is InChI=1S/C17H15N3O3/c21-15(22)8-4-10-20-17(23)14-7-2-1-6-13(14)16(19-20)12-5-3-9-18-11-12/h1-3,5-7,9,11H,4,8,10H2,(H,21,22). The highest BCUT2D eigenvalue weighted by Gasteiger charge is 2.12. The van der Waals surface area contributed by atoms with E-state index in [1.54, 1.807) is 24.5 Å². The Morgan fingerprint density at radius 3 is 2.61 bits per heavy atom. The van der Waals surface area contributed by atoms with Crippen LogP contribution in [0.25, 0.3) is 22.0 Å². The summed E-state index contributed by atoms with van der Waals surface area (Å²) in [4.78, 5) is 27.3. The minimum absolute atomic E-state index is 0.00315. The van der Waals surface area contributed by atoms with Crippen molar-refractivity contribution in [2.45, 2.75) is 19.4 Å². The summed E-state index contributed by atoms with van der Waals surface area (Å²) in [5, 5.41) is 14.5. The van der Waals surface area contributed by atoms with Crippen molar-refractivity contribution < 1.29 is 9.90 Å². The van der Waals surface area contributed by atoms with E-state index in [-0.39, 0.29) is 18.5 Å². The lowest BCUT2D eigenvalue weighted by atomic mass is 10.1. The van der Waals surface area contributed by atoms with Crippen molar-refractivity contribution in [2.75, 3.05) is 0 Å². The molecule has 116 valence electrons. The molecule has 0 bridgehead atoms. The zero-order valence-corrected chi connectivity index (χ0v) is 12.3. The Morgan fingerprint density at radius 1 is 1.13 bits per heavy atom. The van der Waals surface area contributed by atoms with Crippen LogP contribution in [0.15, 0.2) is 53.6 Å². The highest BCUT2D eigenvalue weighted by Crippen LogP contribution is 2.23. The second-order valence-corrected chi connectivity index (χ2v) is 5.16. The summed E-state index contributed by atoms with van der Waals surface area (Å²) in [6, 6.07) is 11.0. The number of aliphatic carboxylic acids is 1. The number of carboxylic acid groups (broad SMARTS) is 1. The van der Waals surface area contributed by atoms with Crippen LogP contribution in [0.5, 0.6) is 0 Å². The van der Waals surface area contributed by atoms with Crippen LogP contribution < -0.4 is 5.56 Å². The molecule has 2 aromatic heterocycles. The van der Waals surface area contributed by atoms with Crippen molar-refractivity contribution in [3.63, 3.8) is 0 Å². The Bertz CT molecular complexity index is 904. The summed E-state index contributed by atoms with van der Waals surface area (Å²) in [7, 11) is 0. The normalized spacial score (nSPS) is 10.8.